The van der Waals surface area contributed by atoms with Gasteiger partial charge in [0, 0.05) is 37.6 Å². The van der Waals surface area contributed by atoms with Crippen molar-refractivity contribution in [2.75, 3.05) is 40.3 Å². The van der Waals surface area contributed by atoms with Gasteiger partial charge in [0.05, 0.1) is 0 Å². The molecule has 2 rings (SSSR count). The summed E-state index contributed by atoms with van der Waals surface area (Å²) in [5.74, 6) is -0.286. The zero-order valence-electron chi connectivity index (χ0n) is 16.9. The van der Waals surface area contributed by atoms with Crippen LogP contribution < -0.4 is 0 Å². The largest absolute Gasteiger partial charge is 0.339 e. The Morgan fingerprint density at radius 3 is 2.42 bits per heavy atom. The number of nitrogens with zero attached hydrogens (tertiary/aromatic N) is 3. The van der Waals surface area contributed by atoms with E-state index in [0.29, 0.717) is 24.1 Å². The van der Waals surface area contributed by atoms with Crippen LogP contribution in [0.3, 0.4) is 0 Å². The number of piperazine rings is 1. The molecule has 5 heteroatoms. The number of amides is 1. The molecule has 3 atom stereocenters. The van der Waals surface area contributed by atoms with Gasteiger partial charge in [0.25, 0.3) is 0 Å². The van der Waals surface area contributed by atoms with Crippen LogP contribution >= 0.6 is 0 Å². The first-order valence-electron chi connectivity index (χ1n) is 9.72. The van der Waals surface area contributed by atoms with Crippen molar-refractivity contribution in [3.63, 3.8) is 0 Å². The van der Waals surface area contributed by atoms with Gasteiger partial charge in [0.1, 0.15) is 5.82 Å². The third-order valence-corrected chi connectivity index (χ3v) is 5.34. The highest BCUT2D eigenvalue weighted by Gasteiger charge is 2.33. The van der Waals surface area contributed by atoms with E-state index in [1.54, 1.807) is 12.1 Å². The van der Waals surface area contributed by atoms with Crippen LogP contribution in [0.1, 0.15) is 32.8 Å². The fraction of sp³-hybridized carbons (Fsp3) is 0.667. The average Bonchev–Trinajstić information content (AvgIpc) is 2.58. The van der Waals surface area contributed by atoms with Crippen LogP contribution in [0.5, 0.6) is 0 Å². The number of hydrogen-bond donors (Lipinski definition) is 0. The SMILES string of the molecule is CC(Cc1ccccc1F)C(=O)N1CC(C)N(CCCN(C)C)C(C)C1. The van der Waals surface area contributed by atoms with Crippen LogP contribution in [-0.4, -0.2) is 73.0 Å². The smallest absolute Gasteiger partial charge is 0.225 e. The molecule has 1 fully saturated rings. The lowest BCUT2D eigenvalue weighted by molar-refractivity contribution is -0.139. The van der Waals surface area contributed by atoms with Gasteiger partial charge in [-0.25, -0.2) is 4.39 Å². The summed E-state index contributed by atoms with van der Waals surface area (Å²) < 4.78 is 13.9. The first kappa shape index (κ1) is 20.8. The van der Waals surface area contributed by atoms with Crippen molar-refractivity contribution in [1.82, 2.24) is 14.7 Å². The summed E-state index contributed by atoms with van der Waals surface area (Å²) in [6, 6.07) is 7.45. The molecule has 1 amide bonds. The van der Waals surface area contributed by atoms with E-state index in [9.17, 15) is 9.18 Å². The first-order valence-corrected chi connectivity index (χ1v) is 9.72. The van der Waals surface area contributed by atoms with Gasteiger partial charge in [-0.3, -0.25) is 9.69 Å². The monoisotopic (exact) mass is 363 g/mol. The minimum atomic E-state index is -0.223. The Bertz CT molecular complexity index is 580. The highest BCUT2D eigenvalue weighted by atomic mass is 19.1. The molecule has 0 bridgehead atoms. The van der Waals surface area contributed by atoms with Crippen molar-refractivity contribution in [3.05, 3.63) is 35.6 Å². The molecule has 0 N–H and O–H groups in total. The topological polar surface area (TPSA) is 26.8 Å². The lowest BCUT2D eigenvalue weighted by Crippen LogP contribution is -2.59. The van der Waals surface area contributed by atoms with Crippen molar-refractivity contribution in [2.24, 2.45) is 5.92 Å². The summed E-state index contributed by atoms with van der Waals surface area (Å²) in [4.78, 5) is 19.6. The Balaban J connectivity index is 1.91. The molecule has 1 heterocycles. The van der Waals surface area contributed by atoms with Gasteiger partial charge in [0.2, 0.25) is 5.91 Å². The van der Waals surface area contributed by atoms with Crippen LogP contribution in [-0.2, 0) is 11.2 Å². The third-order valence-electron chi connectivity index (χ3n) is 5.34. The van der Waals surface area contributed by atoms with Crippen LogP contribution in [0.15, 0.2) is 24.3 Å². The third kappa shape index (κ3) is 5.52. The maximum Gasteiger partial charge on any atom is 0.225 e. The second-order valence-corrected chi connectivity index (χ2v) is 8.03. The molecular formula is C21H34FN3O. The van der Waals surface area contributed by atoms with E-state index in [1.165, 1.54) is 6.07 Å². The molecule has 1 aliphatic heterocycles. The number of rotatable bonds is 7. The summed E-state index contributed by atoms with van der Waals surface area (Å²) >= 11 is 0. The van der Waals surface area contributed by atoms with E-state index >= 15 is 0 Å². The first-order chi connectivity index (χ1) is 12.3. The van der Waals surface area contributed by atoms with Gasteiger partial charge in [0.15, 0.2) is 0 Å². The molecule has 1 saturated heterocycles. The Morgan fingerprint density at radius 2 is 1.85 bits per heavy atom. The van der Waals surface area contributed by atoms with Crippen molar-refractivity contribution < 1.29 is 9.18 Å². The molecule has 0 aliphatic carbocycles. The lowest BCUT2D eigenvalue weighted by Gasteiger charge is -2.45. The van der Waals surface area contributed by atoms with E-state index in [4.69, 9.17) is 0 Å². The molecule has 26 heavy (non-hydrogen) atoms. The standard InChI is InChI=1S/C21H34FN3O/c1-16(13-19-9-6-7-10-20(19)22)21(26)24-14-17(2)25(18(3)15-24)12-8-11-23(4)5/h6-7,9-10,16-18H,8,11-15H2,1-5H3. The Morgan fingerprint density at radius 1 is 1.23 bits per heavy atom. The molecule has 4 nitrogen and oxygen atoms in total. The minimum Gasteiger partial charge on any atom is -0.339 e. The molecule has 0 saturated carbocycles. The van der Waals surface area contributed by atoms with E-state index in [1.807, 2.05) is 17.9 Å². The zero-order chi connectivity index (χ0) is 19.3. The van der Waals surface area contributed by atoms with Crippen LogP contribution in [0, 0.1) is 11.7 Å². The Kier molecular flexibility index (Phi) is 7.59. The second-order valence-electron chi connectivity index (χ2n) is 8.03. The Hall–Kier alpha value is -1.46. The Labute approximate surface area is 158 Å². The van der Waals surface area contributed by atoms with Gasteiger partial charge >= 0.3 is 0 Å². The maximum absolute atomic E-state index is 13.9. The van der Waals surface area contributed by atoms with Gasteiger partial charge in [-0.1, -0.05) is 25.1 Å². The van der Waals surface area contributed by atoms with Gasteiger partial charge in [-0.2, -0.15) is 0 Å². The summed E-state index contributed by atoms with van der Waals surface area (Å²) in [7, 11) is 4.20. The minimum absolute atomic E-state index is 0.139. The number of carbonyl (C=O) groups is 1. The highest BCUT2D eigenvalue weighted by Crippen LogP contribution is 2.20. The molecule has 1 aromatic carbocycles. The molecule has 0 spiro atoms. The average molecular weight is 364 g/mol. The molecule has 1 aliphatic rings. The molecule has 0 aromatic heterocycles. The molecule has 146 valence electrons. The van der Waals surface area contributed by atoms with Crippen molar-refractivity contribution in [3.8, 4) is 0 Å². The van der Waals surface area contributed by atoms with Crippen LogP contribution in [0.25, 0.3) is 0 Å². The molecule has 1 aromatic rings. The van der Waals surface area contributed by atoms with E-state index in [-0.39, 0.29) is 17.6 Å². The molecular weight excluding hydrogens is 329 g/mol. The second kappa shape index (κ2) is 9.47. The number of benzene rings is 1. The summed E-state index contributed by atoms with van der Waals surface area (Å²) in [6.07, 6.45) is 1.59. The summed E-state index contributed by atoms with van der Waals surface area (Å²) in [5, 5.41) is 0. The molecule has 0 radical (unpaired) electrons. The predicted molar refractivity (Wildman–Crippen MR) is 105 cm³/mol. The van der Waals surface area contributed by atoms with Gasteiger partial charge in [-0.05, 0) is 59.0 Å². The zero-order valence-corrected chi connectivity index (χ0v) is 16.9. The highest BCUT2D eigenvalue weighted by molar-refractivity contribution is 5.79. The van der Waals surface area contributed by atoms with Crippen molar-refractivity contribution in [2.45, 2.75) is 45.7 Å². The summed E-state index contributed by atoms with van der Waals surface area (Å²) in [6.45, 7) is 9.97. The van der Waals surface area contributed by atoms with E-state index in [0.717, 1.165) is 32.6 Å². The lowest BCUT2D eigenvalue weighted by atomic mass is 9.97. The fourth-order valence-corrected chi connectivity index (χ4v) is 3.94. The molecule has 3 unspecified atom stereocenters. The van der Waals surface area contributed by atoms with Crippen LogP contribution in [0.2, 0.25) is 0 Å². The maximum atomic E-state index is 13.9. The quantitative estimate of drug-likeness (QED) is 0.745. The van der Waals surface area contributed by atoms with Crippen LogP contribution in [0.4, 0.5) is 4.39 Å². The van der Waals surface area contributed by atoms with Crippen molar-refractivity contribution >= 4 is 5.91 Å². The van der Waals surface area contributed by atoms with E-state index in [2.05, 4.69) is 37.7 Å². The van der Waals surface area contributed by atoms with Gasteiger partial charge in [-0.15, -0.1) is 0 Å². The van der Waals surface area contributed by atoms with Gasteiger partial charge < -0.3 is 9.80 Å². The summed E-state index contributed by atoms with van der Waals surface area (Å²) in [5.41, 5.74) is 0.622. The number of hydrogen-bond acceptors (Lipinski definition) is 3. The number of carbonyl (C=O) groups excluding carboxylic acids is 1. The fourth-order valence-electron chi connectivity index (χ4n) is 3.94. The number of halogens is 1. The predicted octanol–water partition coefficient (Wildman–Crippen LogP) is 2.88. The van der Waals surface area contributed by atoms with Crippen molar-refractivity contribution in [1.29, 1.82) is 0 Å². The van der Waals surface area contributed by atoms with E-state index < -0.39 is 0 Å². The normalized spacial score (nSPS) is 22.7.